The van der Waals surface area contributed by atoms with Crippen LogP contribution in [0.15, 0.2) is 57.5 Å². The molecule has 2 N–H and O–H groups in total. The first-order chi connectivity index (χ1) is 10.7. The van der Waals surface area contributed by atoms with Gasteiger partial charge in [-0.15, -0.1) is 0 Å². The molecule has 0 aliphatic rings. The number of nitrogens with one attached hydrogen (secondary N) is 2. The number of fused-ring (bicyclic) bond motifs is 2. The molecule has 4 aromatic rings. The highest BCUT2D eigenvalue weighted by molar-refractivity contribution is 9.10. The normalized spacial score (nSPS) is 11.5. The Bertz CT molecular complexity index is 886. The number of hydrogen-bond acceptors (Lipinski definition) is 0. The maximum atomic E-state index is 3.52. The molecule has 4 rings (SSSR count). The number of hydrogen-bond donors (Lipinski definition) is 2. The first-order valence-corrected chi connectivity index (χ1v) is 8.80. The lowest BCUT2D eigenvalue weighted by molar-refractivity contribution is 0.905. The third-order valence-corrected chi connectivity index (χ3v) is 4.93. The molecule has 4 heteroatoms. The molecule has 0 saturated carbocycles. The van der Waals surface area contributed by atoms with Crippen LogP contribution in [0.1, 0.15) is 11.4 Å². The lowest BCUT2D eigenvalue weighted by Crippen LogP contribution is -1.91. The van der Waals surface area contributed by atoms with E-state index in [0.29, 0.717) is 0 Å². The number of aryl methyl sites for hydroxylation is 2. The van der Waals surface area contributed by atoms with E-state index in [-0.39, 0.29) is 0 Å². The van der Waals surface area contributed by atoms with Crippen molar-refractivity contribution in [2.75, 3.05) is 0 Å². The molecular weight excluding hydrogens is 404 g/mol. The lowest BCUT2D eigenvalue weighted by Gasteiger charge is -1.96. The van der Waals surface area contributed by atoms with E-state index < -0.39 is 0 Å². The molecule has 0 unspecified atom stereocenters. The van der Waals surface area contributed by atoms with Crippen LogP contribution in [0.25, 0.3) is 21.8 Å². The van der Waals surface area contributed by atoms with Gasteiger partial charge in [0.25, 0.3) is 0 Å². The van der Waals surface area contributed by atoms with E-state index in [9.17, 15) is 0 Å². The minimum atomic E-state index is 1.00. The molecule has 0 atom stereocenters. The van der Waals surface area contributed by atoms with Gasteiger partial charge in [0.1, 0.15) is 0 Å². The van der Waals surface area contributed by atoms with E-state index in [1.54, 1.807) is 0 Å². The van der Waals surface area contributed by atoms with Crippen molar-refractivity contribution in [3.8, 4) is 0 Å². The molecule has 0 bridgehead atoms. The van der Waals surface area contributed by atoms with Gasteiger partial charge < -0.3 is 9.97 Å². The van der Waals surface area contributed by atoms with E-state index in [2.05, 4.69) is 90.4 Å². The molecule has 0 aliphatic carbocycles. The van der Waals surface area contributed by atoms with Gasteiger partial charge in [0.15, 0.2) is 0 Å². The highest BCUT2D eigenvalue weighted by atomic mass is 79.9. The van der Waals surface area contributed by atoms with Crippen molar-refractivity contribution in [1.82, 2.24) is 9.97 Å². The molecule has 0 fully saturated rings. The van der Waals surface area contributed by atoms with Gasteiger partial charge in [-0.25, -0.2) is 0 Å². The fourth-order valence-electron chi connectivity index (χ4n) is 2.86. The Morgan fingerprint density at radius 1 is 0.636 bits per heavy atom. The fourth-order valence-corrected chi connectivity index (χ4v) is 3.60. The standard InChI is InChI=1S/C18H14Br2N2/c19-13-3-6-17-12(7-13)9-16(21-17)5-4-15-8-11-1-2-14(20)10-18(11)22-15/h1-3,6-10,21-22H,4-5H2. The first kappa shape index (κ1) is 14.1. The van der Waals surface area contributed by atoms with Gasteiger partial charge >= 0.3 is 0 Å². The van der Waals surface area contributed by atoms with Crippen LogP contribution in [0, 0.1) is 0 Å². The summed E-state index contributed by atoms with van der Waals surface area (Å²) in [5.41, 5.74) is 4.92. The predicted molar refractivity (Wildman–Crippen MR) is 99.4 cm³/mol. The lowest BCUT2D eigenvalue weighted by atomic mass is 10.2. The van der Waals surface area contributed by atoms with Crippen LogP contribution >= 0.6 is 31.9 Å². The summed E-state index contributed by atoms with van der Waals surface area (Å²) in [7, 11) is 0. The molecule has 110 valence electrons. The quantitative estimate of drug-likeness (QED) is 0.412. The molecule has 2 nitrogen and oxygen atoms in total. The summed E-state index contributed by atoms with van der Waals surface area (Å²) in [6.45, 7) is 0. The Morgan fingerprint density at radius 2 is 1.27 bits per heavy atom. The van der Waals surface area contributed by atoms with Crippen molar-refractivity contribution in [1.29, 1.82) is 0 Å². The summed E-state index contributed by atoms with van der Waals surface area (Å²) < 4.78 is 2.22. The van der Waals surface area contributed by atoms with Crippen molar-refractivity contribution in [3.05, 3.63) is 68.9 Å². The number of aromatic amines is 2. The zero-order chi connectivity index (χ0) is 15.1. The van der Waals surface area contributed by atoms with Crippen molar-refractivity contribution >= 4 is 53.7 Å². The van der Waals surface area contributed by atoms with Crippen LogP contribution in [0.5, 0.6) is 0 Å². The topological polar surface area (TPSA) is 31.6 Å². The van der Waals surface area contributed by atoms with Crippen LogP contribution in [-0.2, 0) is 12.8 Å². The van der Waals surface area contributed by atoms with Gasteiger partial charge in [0.2, 0.25) is 0 Å². The minimum absolute atomic E-state index is 1.00. The zero-order valence-corrected chi connectivity index (χ0v) is 15.0. The van der Waals surface area contributed by atoms with Crippen LogP contribution in [0.2, 0.25) is 0 Å². The average molecular weight is 418 g/mol. The molecule has 0 saturated heterocycles. The fraction of sp³-hybridized carbons (Fsp3) is 0.111. The molecule has 0 aliphatic heterocycles. The Hall–Kier alpha value is -1.52. The Labute approximate surface area is 145 Å². The molecule has 0 amide bonds. The van der Waals surface area contributed by atoms with Crippen molar-refractivity contribution in [2.45, 2.75) is 12.8 Å². The number of halogens is 2. The number of benzene rings is 2. The highest BCUT2D eigenvalue weighted by Gasteiger charge is 2.05. The second kappa shape index (κ2) is 5.60. The van der Waals surface area contributed by atoms with E-state index in [1.807, 2.05) is 0 Å². The second-order valence-electron chi connectivity index (χ2n) is 5.55. The summed E-state index contributed by atoms with van der Waals surface area (Å²) in [6, 6.07) is 17.1. The molecule has 2 aromatic carbocycles. The highest BCUT2D eigenvalue weighted by Crippen LogP contribution is 2.23. The number of aromatic nitrogens is 2. The molecule has 0 radical (unpaired) electrons. The molecule has 2 heterocycles. The van der Waals surface area contributed by atoms with Gasteiger partial charge in [0.05, 0.1) is 0 Å². The van der Waals surface area contributed by atoms with Gasteiger partial charge in [-0.1, -0.05) is 37.9 Å². The van der Waals surface area contributed by atoms with E-state index in [0.717, 1.165) is 21.8 Å². The van der Waals surface area contributed by atoms with Crippen LogP contribution in [0.4, 0.5) is 0 Å². The average Bonchev–Trinajstić information content (AvgIpc) is 3.07. The molecule has 0 spiro atoms. The van der Waals surface area contributed by atoms with Crippen LogP contribution < -0.4 is 0 Å². The van der Waals surface area contributed by atoms with E-state index in [4.69, 9.17) is 0 Å². The van der Waals surface area contributed by atoms with Gasteiger partial charge in [0, 0.05) is 36.8 Å². The van der Waals surface area contributed by atoms with Crippen molar-refractivity contribution in [2.24, 2.45) is 0 Å². The SMILES string of the molecule is Brc1ccc2[nH]c(CCc3cc4ccc(Br)cc4[nH]3)cc2c1. The van der Waals surface area contributed by atoms with Crippen LogP contribution in [0.3, 0.4) is 0 Å². The third-order valence-electron chi connectivity index (χ3n) is 3.94. The number of H-pyrrole nitrogens is 2. The van der Waals surface area contributed by atoms with Crippen molar-refractivity contribution in [3.63, 3.8) is 0 Å². The maximum absolute atomic E-state index is 3.52. The minimum Gasteiger partial charge on any atom is -0.358 e. The smallest absolute Gasteiger partial charge is 0.0467 e. The van der Waals surface area contributed by atoms with Gasteiger partial charge in [-0.3, -0.25) is 0 Å². The summed E-state index contributed by atoms with van der Waals surface area (Å²) in [4.78, 5) is 6.99. The largest absolute Gasteiger partial charge is 0.358 e. The Balaban J connectivity index is 1.56. The maximum Gasteiger partial charge on any atom is 0.0467 e. The first-order valence-electron chi connectivity index (χ1n) is 7.22. The van der Waals surface area contributed by atoms with E-state index >= 15 is 0 Å². The zero-order valence-electron chi connectivity index (χ0n) is 11.8. The van der Waals surface area contributed by atoms with Crippen molar-refractivity contribution < 1.29 is 0 Å². The Kier molecular flexibility index (Phi) is 3.59. The molecular formula is C18H14Br2N2. The monoisotopic (exact) mass is 416 g/mol. The molecule has 22 heavy (non-hydrogen) atoms. The summed E-state index contributed by atoms with van der Waals surface area (Å²) in [5, 5.41) is 2.52. The van der Waals surface area contributed by atoms with E-state index in [1.165, 1.54) is 33.2 Å². The third kappa shape index (κ3) is 2.73. The Morgan fingerprint density at radius 3 is 2.09 bits per heavy atom. The van der Waals surface area contributed by atoms with Crippen LogP contribution in [-0.4, -0.2) is 9.97 Å². The second-order valence-corrected chi connectivity index (χ2v) is 7.38. The summed E-state index contributed by atoms with van der Waals surface area (Å²) >= 11 is 7.03. The van der Waals surface area contributed by atoms with Gasteiger partial charge in [-0.05, 0) is 60.7 Å². The summed E-state index contributed by atoms with van der Waals surface area (Å²) in [5.74, 6) is 0. The van der Waals surface area contributed by atoms with Gasteiger partial charge in [-0.2, -0.15) is 0 Å². The summed E-state index contributed by atoms with van der Waals surface area (Å²) in [6.07, 6.45) is 2.00. The predicted octanol–water partition coefficient (Wildman–Crippen LogP) is 5.96. The molecule has 2 aromatic heterocycles. The number of rotatable bonds is 3.